The molecule has 3 rings (SSSR count). The van der Waals surface area contributed by atoms with Crippen LogP contribution in [-0.4, -0.2) is 22.0 Å². The average Bonchev–Trinajstić information content (AvgIpc) is 3.13. The zero-order valence-corrected chi connectivity index (χ0v) is 13.8. The molecule has 0 aliphatic rings. The van der Waals surface area contributed by atoms with Gasteiger partial charge in [-0.05, 0) is 29.7 Å². The van der Waals surface area contributed by atoms with Gasteiger partial charge in [-0.3, -0.25) is 4.79 Å². The first kappa shape index (κ1) is 16.2. The Labute approximate surface area is 142 Å². The Balaban J connectivity index is 1.39. The zero-order chi connectivity index (χ0) is 16.6. The Kier molecular flexibility index (Phi) is 5.61. The van der Waals surface area contributed by atoms with Gasteiger partial charge in [-0.25, -0.2) is 4.98 Å². The lowest BCUT2D eigenvalue weighted by Gasteiger charge is -2.08. The number of unbranched alkanes of at least 4 members (excludes halogenated alkanes) is 3. The molecule has 0 aliphatic carbocycles. The Hall–Kier alpha value is -2.62. The summed E-state index contributed by atoms with van der Waals surface area (Å²) in [5, 5.41) is 5.15. The molecule has 0 radical (unpaired) electrons. The number of hydrogen-bond acceptors (Lipinski definition) is 2. The van der Waals surface area contributed by atoms with Crippen molar-refractivity contribution < 1.29 is 4.79 Å². The van der Waals surface area contributed by atoms with Gasteiger partial charge in [-0.2, -0.15) is 0 Å². The van der Waals surface area contributed by atoms with Crippen LogP contribution >= 0.6 is 0 Å². The summed E-state index contributed by atoms with van der Waals surface area (Å²) in [5.74, 6) is 0.0187. The van der Waals surface area contributed by atoms with E-state index in [0.29, 0.717) is 0 Å². The predicted octanol–water partition coefficient (Wildman–Crippen LogP) is 4.03. The molecule has 3 aromatic rings. The van der Waals surface area contributed by atoms with E-state index in [-0.39, 0.29) is 5.91 Å². The van der Waals surface area contributed by atoms with Gasteiger partial charge in [-0.1, -0.05) is 49.2 Å². The Morgan fingerprint density at radius 1 is 1.00 bits per heavy atom. The van der Waals surface area contributed by atoms with Gasteiger partial charge < -0.3 is 9.88 Å². The fourth-order valence-electron chi connectivity index (χ4n) is 2.91. The Morgan fingerprint density at radius 3 is 2.71 bits per heavy atom. The van der Waals surface area contributed by atoms with Gasteiger partial charge in [0.25, 0.3) is 5.91 Å². The van der Waals surface area contributed by atoms with Crippen LogP contribution in [0.15, 0.2) is 61.2 Å². The molecular formula is C20H23N3O. The molecule has 0 saturated heterocycles. The molecule has 4 heteroatoms. The SMILES string of the molecule is O=C(NCCCCCCn1ccnc1)c1cccc2ccccc12. The number of fused-ring (bicyclic) bond motifs is 1. The van der Waals surface area contributed by atoms with Gasteiger partial charge >= 0.3 is 0 Å². The number of carbonyl (C=O) groups is 1. The first-order valence-electron chi connectivity index (χ1n) is 8.56. The molecule has 0 bridgehead atoms. The lowest BCUT2D eigenvalue weighted by Crippen LogP contribution is -2.24. The van der Waals surface area contributed by atoms with Crippen molar-refractivity contribution in [3.63, 3.8) is 0 Å². The molecule has 0 unspecified atom stereocenters. The largest absolute Gasteiger partial charge is 0.352 e. The molecule has 24 heavy (non-hydrogen) atoms. The first-order valence-corrected chi connectivity index (χ1v) is 8.56. The van der Waals surface area contributed by atoms with Crippen LogP contribution in [0.5, 0.6) is 0 Å². The van der Waals surface area contributed by atoms with Gasteiger partial charge in [0.1, 0.15) is 0 Å². The van der Waals surface area contributed by atoms with E-state index in [1.807, 2.05) is 61.2 Å². The van der Waals surface area contributed by atoms with E-state index in [9.17, 15) is 4.79 Å². The third-order valence-corrected chi connectivity index (χ3v) is 4.22. The molecule has 0 aliphatic heterocycles. The van der Waals surface area contributed by atoms with Crippen LogP contribution in [0.3, 0.4) is 0 Å². The maximum atomic E-state index is 12.4. The number of aryl methyl sites for hydroxylation is 1. The van der Waals surface area contributed by atoms with Crippen LogP contribution < -0.4 is 5.32 Å². The van der Waals surface area contributed by atoms with E-state index in [4.69, 9.17) is 0 Å². The topological polar surface area (TPSA) is 46.9 Å². The molecule has 0 fully saturated rings. The van der Waals surface area contributed by atoms with E-state index in [0.717, 1.165) is 48.7 Å². The molecule has 1 aromatic heterocycles. The number of hydrogen-bond donors (Lipinski definition) is 1. The summed E-state index contributed by atoms with van der Waals surface area (Å²) in [6, 6.07) is 13.9. The summed E-state index contributed by atoms with van der Waals surface area (Å²) in [5.41, 5.74) is 0.758. The fraction of sp³-hybridized carbons (Fsp3) is 0.300. The van der Waals surface area contributed by atoms with E-state index >= 15 is 0 Å². The highest BCUT2D eigenvalue weighted by Crippen LogP contribution is 2.18. The Morgan fingerprint density at radius 2 is 1.83 bits per heavy atom. The first-order chi connectivity index (χ1) is 11.8. The van der Waals surface area contributed by atoms with Crippen molar-refractivity contribution in [3.05, 3.63) is 66.7 Å². The summed E-state index contributed by atoms with van der Waals surface area (Å²) in [4.78, 5) is 16.4. The highest BCUT2D eigenvalue weighted by atomic mass is 16.1. The number of carbonyl (C=O) groups excluding carboxylic acids is 1. The van der Waals surface area contributed by atoms with Crippen LogP contribution in [0.4, 0.5) is 0 Å². The van der Waals surface area contributed by atoms with Crippen LogP contribution in [-0.2, 0) is 6.54 Å². The smallest absolute Gasteiger partial charge is 0.251 e. The third-order valence-electron chi connectivity index (χ3n) is 4.22. The number of imidazole rings is 1. The lowest BCUT2D eigenvalue weighted by molar-refractivity contribution is 0.0954. The van der Waals surface area contributed by atoms with Crippen LogP contribution in [0.25, 0.3) is 10.8 Å². The minimum Gasteiger partial charge on any atom is -0.352 e. The second-order valence-corrected chi connectivity index (χ2v) is 6.00. The molecule has 1 N–H and O–H groups in total. The van der Waals surface area contributed by atoms with E-state index in [1.54, 1.807) is 0 Å². The van der Waals surface area contributed by atoms with Crippen molar-refractivity contribution in [1.29, 1.82) is 0 Å². The van der Waals surface area contributed by atoms with Crippen LogP contribution in [0.2, 0.25) is 0 Å². The summed E-state index contributed by atoms with van der Waals surface area (Å²) in [7, 11) is 0. The maximum Gasteiger partial charge on any atom is 0.251 e. The third kappa shape index (κ3) is 4.22. The zero-order valence-electron chi connectivity index (χ0n) is 13.8. The molecule has 1 heterocycles. The molecule has 0 saturated carbocycles. The quantitative estimate of drug-likeness (QED) is 0.637. The normalized spacial score (nSPS) is 10.8. The van der Waals surface area contributed by atoms with Gasteiger partial charge in [0.15, 0.2) is 0 Å². The molecule has 4 nitrogen and oxygen atoms in total. The molecule has 1 amide bonds. The average molecular weight is 321 g/mol. The number of nitrogens with one attached hydrogen (secondary N) is 1. The van der Waals surface area contributed by atoms with Gasteiger partial charge in [0.05, 0.1) is 6.33 Å². The van der Waals surface area contributed by atoms with Crippen molar-refractivity contribution in [2.45, 2.75) is 32.2 Å². The van der Waals surface area contributed by atoms with E-state index < -0.39 is 0 Å². The van der Waals surface area contributed by atoms with Gasteiger partial charge in [0, 0.05) is 31.0 Å². The standard InChI is InChI=1S/C20H23N3O/c24-20(19-11-7-9-17-8-3-4-10-18(17)19)22-12-5-1-2-6-14-23-15-13-21-16-23/h3-4,7-11,13,15-16H,1-2,5-6,12,14H2,(H,22,24). The minimum atomic E-state index is 0.0187. The number of rotatable bonds is 8. The lowest BCUT2D eigenvalue weighted by atomic mass is 10.0. The van der Waals surface area contributed by atoms with Crippen molar-refractivity contribution in [2.24, 2.45) is 0 Å². The van der Waals surface area contributed by atoms with E-state index in [2.05, 4.69) is 14.9 Å². The monoisotopic (exact) mass is 321 g/mol. The summed E-state index contributed by atoms with van der Waals surface area (Å²) in [6.07, 6.45) is 10.1. The number of nitrogens with zero attached hydrogens (tertiary/aromatic N) is 2. The highest BCUT2D eigenvalue weighted by Gasteiger charge is 2.08. The van der Waals surface area contributed by atoms with Gasteiger partial charge in [-0.15, -0.1) is 0 Å². The maximum absolute atomic E-state index is 12.4. The number of amides is 1. The molecule has 124 valence electrons. The van der Waals surface area contributed by atoms with Crippen LogP contribution in [0.1, 0.15) is 36.0 Å². The predicted molar refractivity (Wildman–Crippen MR) is 97.0 cm³/mol. The molecular weight excluding hydrogens is 298 g/mol. The van der Waals surface area contributed by atoms with Gasteiger partial charge in [0.2, 0.25) is 0 Å². The fourth-order valence-corrected chi connectivity index (χ4v) is 2.91. The Bertz CT molecular complexity index is 775. The molecule has 0 spiro atoms. The second kappa shape index (κ2) is 8.29. The van der Waals surface area contributed by atoms with Crippen LogP contribution in [0, 0.1) is 0 Å². The van der Waals surface area contributed by atoms with Crippen molar-refractivity contribution >= 4 is 16.7 Å². The van der Waals surface area contributed by atoms with Crippen molar-refractivity contribution in [2.75, 3.05) is 6.54 Å². The summed E-state index contributed by atoms with van der Waals surface area (Å²) in [6.45, 7) is 1.75. The van der Waals surface area contributed by atoms with E-state index in [1.165, 1.54) is 6.42 Å². The number of aromatic nitrogens is 2. The highest BCUT2D eigenvalue weighted by molar-refractivity contribution is 6.06. The summed E-state index contributed by atoms with van der Waals surface area (Å²) >= 11 is 0. The van der Waals surface area contributed by atoms with Crippen molar-refractivity contribution in [3.8, 4) is 0 Å². The number of benzene rings is 2. The second-order valence-electron chi connectivity index (χ2n) is 6.00. The van der Waals surface area contributed by atoms with Crippen molar-refractivity contribution in [1.82, 2.24) is 14.9 Å². The minimum absolute atomic E-state index is 0.0187. The summed E-state index contributed by atoms with van der Waals surface area (Å²) < 4.78 is 2.10. The molecule has 0 atom stereocenters. The molecule has 2 aromatic carbocycles.